The summed E-state index contributed by atoms with van der Waals surface area (Å²) in [5, 5.41) is 17.3. The third-order valence-corrected chi connectivity index (χ3v) is 6.12. The fraction of sp³-hybridized carbons (Fsp3) is 0.318. The van der Waals surface area contributed by atoms with Gasteiger partial charge >= 0.3 is 0 Å². The lowest BCUT2D eigenvalue weighted by Crippen LogP contribution is -2.37. The van der Waals surface area contributed by atoms with Crippen LogP contribution in [-0.2, 0) is 0 Å². The summed E-state index contributed by atoms with van der Waals surface area (Å²) < 4.78 is 0. The van der Waals surface area contributed by atoms with Crippen molar-refractivity contribution < 1.29 is 5.11 Å². The largest absolute Gasteiger partial charge is 0.505 e. The zero-order chi connectivity index (χ0) is 21.1. The summed E-state index contributed by atoms with van der Waals surface area (Å²) in [6, 6.07) is 9.47. The van der Waals surface area contributed by atoms with E-state index in [2.05, 4.69) is 20.6 Å². The molecule has 2 aromatic carbocycles. The number of phenols is 1. The molecule has 0 amide bonds. The summed E-state index contributed by atoms with van der Waals surface area (Å²) in [4.78, 5) is 9.13. The minimum atomic E-state index is -0.121. The highest BCUT2D eigenvalue weighted by Gasteiger charge is 2.14. The van der Waals surface area contributed by atoms with E-state index in [1.54, 1.807) is 18.3 Å². The van der Waals surface area contributed by atoms with Crippen LogP contribution in [0.5, 0.6) is 5.75 Å². The molecule has 0 unspecified atom stereocenters. The predicted molar refractivity (Wildman–Crippen MR) is 128 cm³/mol. The van der Waals surface area contributed by atoms with Gasteiger partial charge in [-0.25, -0.2) is 4.98 Å². The molecule has 4 rings (SSSR count). The van der Waals surface area contributed by atoms with Crippen molar-refractivity contribution in [2.75, 3.05) is 5.32 Å². The number of halogens is 2. The molecule has 1 saturated carbocycles. The number of fused-ring (bicyclic) bond motifs is 1. The minimum Gasteiger partial charge on any atom is -0.505 e. The highest BCUT2D eigenvalue weighted by molar-refractivity contribution is 7.80. The number of benzene rings is 2. The molecule has 156 valence electrons. The zero-order valence-corrected chi connectivity index (χ0v) is 18.6. The lowest BCUT2D eigenvalue weighted by atomic mass is 10.0. The number of hydrogen-bond acceptors (Lipinski definition) is 4. The van der Waals surface area contributed by atoms with Crippen LogP contribution in [0.1, 0.15) is 38.5 Å². The summed E-state index contributed by atoms with van der Waals surface area (Å²) in [6.45, 7) is 0. The fourth-order valence-electron chi connectivity index (χ4n) is 3.74. The lowest BCUT2D eigenvalue weighted by Gasteiger charge is -2.18. The van der Waals surface area contributed by atoms with Gasteiger partial charge in [0, 0.05) is 6.04 Å². The normalized spacial score (nSPS) is 15.0. The molecular formula is C22H22Cl2N4OS. The van der Waals surface area contributed by atoms with E-state index in [0.29, 0.717) is 17.0 Å². The molecule has 30 heavy (non-hydrogen) atoms. The van der Waals surface area contributed by atoms with E-state index in [1.807, 2.05) is 18.2 Å². The van der Waals surface area contributed by atoms with Crippen LogP contribution in [0.3, 0.4) is 0 Å². The van der Waals surface area contributed by atoms with E-state index >= 15 is 0 Å². The monoisotopic (exact) mass is 460 g/mol. The van der Waals surface area contributed by atoms with Crippen LogP contribution in [0.4, 0.5) is 5.82 Å². The lowest BCUT2D eigenvalue weighted by molar-refractivity contribution is 0.476. The van der Waals surface area contributed by atoms with Crippen LogP contribution >= 0.6 is 35.4 Å². The Morgan fingerprint density at radius 1 is 0.967 bits per heavy atom. The number of anilines is 1. The first-order chi connectivity index (χ1) is 14.5. The number of thiocarbonyl (C=S) groups is 1. The summed E-state index contributed by atoms with van der Waals surface area (Å²) in [5.41, 5.74) is 3.14. The summed E-state index contributed by atoms with van der Waals surface area (Å²) in [6.07, 6.45) is 9.05. The predicted octanol–water partition coefficient (Wildman–Crippen LogP) is 6.32. The molecule has 3 aromatic rings. The highest BCUT2D eigenvalue weighted by Crippen LogP contribution is 2.36. The second-order valence-electron chi connectivity index (χ2n) is 7.53. The van der Waals surface area contributed by atoms with Gasteiger partial charge < -0.3 is 15.7 Å². The maximum atomic E-state index is 9.79. The molecule has 0 radical (unpaired) electrons. The topological polar surface area (TPSA) is 70.1 Å². The molecule has 5 nitrogen and oxygen atoms in total. The van der Waals surface area contributed by atoms with Crippen molar-refractivity contribution in [1.29, 1.82) is 0 Å². The second kappa shape index (κ2) is 9.33. The van der Waals surface area contributed by atoms with Gasteiger partial charge in [-0.05, 0) is 60.5 Å². The highest BCUT2D eigenvalue weighted by atomic mass is 35.5. The fourth-order valence-corrected chi connectivity index (χ4v) is 4.50. The van der Waals surface area contributed by atoms with Gasteiger partial charge in [0.25, 0.3) is 0 Å². The molecule has 0 spiro atoms. The van der Waals surface area contributed by atoms with Gasteiger partial charge in [-0.2, -0.15) is 0 Å². The van der Waals surface area contributed by atoms with E-state index in [9.17, 15) is 5.11 Å². The molecule has 0 atom stereocenters. The van der Waals surface area contributed by atoms with Crippen molar-refractivity contribution in [3.8, 4) is 16.9 Å². The van der Waals surface area contributed by atoms with Crippen LogP contribution < -0.4 is 10.6 Å². The van der Waals surface area contributed by atoms with E-state index < -0.39 is 0 Å². The first-order valence-electron chi connectivity index (χ1n) is 10.0. The van der Waals surface area contributed by atoms with Gasteiger partial charge in [-0.15, -0.1) is 0 Å². The third-order valence-electron chi connectivity index (χ3n) is 5.32. The molecule has 1 fully saturated rings. The van der Waals surface area contributed by atoms with Gasteiger partial charge in [0.2, 0.25) is 0 Å². The van der Waals surface area contributed by atoms with Gasteiger partial charge in [0.15, 0.2) is 16.7 Å². The number of phenolic OH excluding ortho intramolecular Hbond substituents is 1. The molecule has 0 saturated heterocycles. The molecule has 1 aliphatic rings. The standard InChI is InChI=1S/C22H22Cl2N4OS/c23-16-9-14(10-17(24)21(16)29)13-7-8-18-19(11-13)27-20(12-25-18)28-22(30)26-15-5-3-1-2-4-6-15/h7-12,15,29H,1-6H2,(H2,26,27,28,30). The number of aromatic hydroxyl groups is 1. The van der Waals surface area contributed by atoms with Crippen LogP contribution in [0.15, 0.2) is 36.5 Å². The summed E-state index contributed by atoms with van der Waals surface area (Å²) >= 11 is 17.6. The molecule has 0 aliphatic heterocycles. The molecule has 1 aliphatic carbocycles. The minimum absolute atomic E-state index is 0.121. The first kappa shape index (κ1) is 21.1. The number of nitrogens with one attached hydrogen (secondary N) is 2. The van der Waals surface area contributed by atoms with Gasteiger partial charge in [0.05, 0.1) is 27.3 Å². The Morgan fingerprint density at radius 2 is 1.67 bits per heavy atom. The quantitative estimate of drug-likeness (QED) is 0.313. The SMILES string of the molecule is Oc1c(Cl)cc(-c2ccc3ncc(NC(=S)NC4CCCCCC4)nc3c2)cc1Cl. The zero-order valence-electron chi connectivity index (χ0n) is 16.3. The maximum absolute atomic E-state index is 9.79. The number of hydrogen-bond donors (Lipinski definition) is 3. The van der Waals surface area contributed by atoms with Crippen LogP contribution in [0.2, 0.25) is 10.0 Å². The Bertz CT molecular complexity index is 1060. The molecule has 3 N–H and O–H groups in total. The molecule has 1 heterocycles. The van der Waals surface area contributed by atoms with Gasteiger partial charge in [-0.1, -0.05) is 55.0 Å². The second-order valence-corrected chi connectivity index (χ2v) is 8.76. The van der Waals surface area contributed by atoms with Crippen molar-refractivity contribution >= 4 is 57.4 Å². The van der Waals surface area contributed by atoms with Crippen molar-refractivity contribution in [3.63, 3.8) is 0 Å². The van der Waals surface area contributed by atoms with E-state index in [4.69, 9.17) is 35.4 Å². The third kappa shape index (κ3) is 4.94. The Labute approximate surface area is 190 Å². The van der Waals surface area contributed by atoms with Crippen molar-refractivity contribution in [2.45, 2.75) is 44.6 Å². The molecule has 0 bridgehead atoms. The average molecular weight is 461 g/mol. The maximum Gasteiger partial charge on any atom is 0.172 e. The Morgan fingerprint density at radius 3 is 2.37 bits per heavy atom. The Hall–Kier alpha value is -2.15. The van der Waals surface area contributed by atoms with Crippen molar-refractivity contribution in [3.05, 3.63) is 46.6 Å². The van der Waals surface area contributed by atoms with Crippen LogP contribution in [0.25, 0.3) is 22.2 Å². The summed E-state index contributed by atoms with van der Waals surface area (Å²) in [7, 11) is 0. The number of rotatable bonds is 3. The van der Waals surface area contributed by atoms with Crippen LogP contribution in [-0.4, -0.2) is 26.2 Å². The Balaban J connectivity index is 1.54. The van der Waals surface area contributed by atoms with E-state index in [1.165, 1.54) is 25.7 Å². The van der Waals surface area contributed by atoms with Gasteiger partial charge in [-0.3, -0.25) is 4.98 Å². The Kier molecular flexibility index (Phi) is 6.56. The molecular weight excluding hydrogens is 439 g/mol. The van der Waals surface area contributed by atoms with Crippen molar-refractivity contribution in [1.82, 2.24) is 15.3 Å². The molecule has 8 heteroatoms. The van der Waals surface area contributed by atoms with E-state index in [0.717, 1.165) is 35.0 Å². The van der Waals surface area contributed by atoms with Crippen molar-refractivity contribution in [2.24, 2.45) is 0 Å². The van der Waals surface area contributed by atoms with Gasteiger partial charge in [0.1, 0.15) is 0 Å². The summed E-state index contributed by atoms with van der Waals surface area (Å²) in [5.74, 6) is 0.469. The van der Waals surface area contributed by atoms with E-state index in [-0.39, 0.29) is 15.8 Å². The smallest absolute Gasteiger partial charge is 0.172 e. The first-order valence-corrected chi connectivity index (χ1v) is 11.2. The number of aromatic nitrogens is 2. The average Bonchev–Trinajstić information content (AvgIpc) is 2.99. The van der Waals surface area contributed by atoms with Crippen LogP contribution in [0, 0.1) is 0 Å². The molecule has 1 aromatic heterocycles. The number of nitrogens with zero attached hydrogens (tertiary/aromatic N) is 2.